The number of likely N-dealkylation sites (N-methyl/N-ethyl adjacent to an activating group) is 1. The summed E-state index contributed by atoms with van der Waals surface area (Å²) in [5.74, 6) is 0.669. The summed E-state index contributed by atoms with van der Waals surface area (Å²) in [7, 11) is 1.60. The maximum absolute atomic E-state index is 13.1. The van der Waals surface area contributed by atoms with Crippen LogP contribution < -0.4 is 10.1 Å². The number of carbonyl (C=O) groups is 2. The van der Waals surface area contributed by atoms with Crippen molar-refractivity contribution in [3.05, 3.63) is 65.7 Å². The maximum Gasteiger partial charge on any atom is 0.261 e. The average Bonchev–Trinajstić information content (AvgIpc) is 2.75. The first-order valence-electron chi connectivity index (χ1n) is 10.2. The highest BCUT2D eigenvalue weighted by molar-refractivity contribution is 5.88. The van der Waals surface area contributed by atoms with Crippen molar-refractivity contribution in [3.63, 3.8) is 0 Å². The van der Waals surface area contributed by atoms with E-state index in [2.05, 4.69) is 19.2 Å². The molecular weight excluding hydrogens is 364 g/mol. The van der Waals surface area contributed by atoms with Gasteiger partial charge in [0.1, 0.15) is 11.8 Å². The minimum atomic E-state index is -0.514. The number of benzene rings is 2. The summed E-state index contributed by atoms with van der Waals surface area (Å²) < 4.78 is 5.88. The Balaban J connectivity index is 2.14. The molecule has 0 bridgehead atoms. The first-order chi connectivity index (χ1) is 14.0. The van der Waals surface area contributed by atoms with Crippen molar-refractivity contribution in [2.75, 3.05) is 20.2 Å². The van der Waals surface area contributed by atoms with E-state index in [1.54, 1.807) is 11.9 Å². The molecule has 2 aromatic carbocycles. The Bertz CT molecular complexity index is 790. The normalized spacial score (nSPS) is 11.8. The fourth-order valence-corrected chi connectivity index (χ4v) is 3.37. The lowest BCUT2D eigenvalue weighted by molar-refractivity contribution is -0.142. The second-order valence-electron chi connectivity index (χ2n) is 7.34. The number of hydrogen-bond acceptors (Lipinski definition) is 3. The van der Waals surface area contributed by atoms with Crippen LogP contribution in [0.25, 0.3) is 0 Å². The predicted octanol–water partition coefficient (Wildman–Crippen LogP) is 3.78. The molecule has 0 aliphatic heterocycles. The van der Waals surface area contributed by atoms with Crippen LogP contribution in [0, 0.1) is 0 Å². The van der Waals surface area contributed by atoms with Gasteiger partial charge in [-0.05, 0) is 36.0 Å². The summed E-state index contributed by atoms with van der Waals surface area (Å²) in [6.07, 6.45) is 1.23. The molecule has 2 aromatic rings. The zero-order valence-corrected chi connectivity index (χ0v) is 17.9. The second kappa shape index (κ2) is 11.2. The molecular formula is C24H32N2O3. The Morgan fingerprint density at radius 1 is 1.03 bits per heavy atom. The number of para-hydroxylation sites is 1. The molecule has 0 heterocycles. The van der Waals surface area contributed by atoms with Crippen molar-refractivity contribution in [1.29, 1.82) is 0 Å². The Labute approximate surface area is 174 Å². The number of hydrogen-bond donors (Lipinski definition) is 1. The van der Waals surface area contributed by atoms with E-state index in [-0.39, 0.29) is 18.4 Å². The van der Waals surface area contributed by atoms with Crippen LogP contribution in [0.5, 0.6) is 5.75 Å². The molecule has 2 rings (SSSR count). The predicted molar refractivity (Wildman–Crippen MR) is 116 cm³/mol. The first-order valence-corrected chi connectivity index (χ1v) is 10.2. The van der Waals surface area contributed by atoms with Gasteiger partial charge in [-0.2, -0.15) is 0 Å². The van der Waals surface area contributed by atoms with Crippen LogP contribution in [0.4, 0.5) is 0 Å². The molecule has 0 saturated heterocycles. The van der Waals surface area contributed by atoms with Crippen molar-refractivity contribution in [1.82, 2.24) is 10.2 Å². The zero-order chi connectivity index (χ0) is 21.2. The number of amides is 2. The number of nitrogens with one attached hydrogen (secondary N) is 1. The second-order valence-corrected chi connectivity index (χ2v) is 7.34. The van der Waals surface area contributed by atoms with E-state index in [9.17, 15) is 9.59 Å². The fraction of sp³-hybridized carbons (Fsp3) is 0.417. The summed E-state index contributed by atoms with van der Waals surface area (Å²) in [5.41, 5.74) is 2.19. The van der Waals surface area contributed by atoms with Gasteiger partial charge in [0, 0.05) is 13.6 Å². The van der Waals surface area contributed by atoms with E-state index in [1.807, 2.05) is 61.5 Å². The quantitative estimate of drug-likeness (QED) is 0.665. The maximum atomic E-state index is 13.1. The van der Waals surface area contributed by atoms with Crippen LogP contribution in [0.2, 0.25) is 0 Å². The monoisotopic (exact) mass is 396 g/mol. The van der Waals surface area contributed by atoms with Crippen LogP contribution in [0.15, 0.2) is 54.6 Å². The summed E-state index contributed by atoms with van der Waals surface area (Å²) in [6, 6.07) is 17.2. The molecule has 0 aromatic heterocycles. The molecule has 0 aliphatic carbocycles. The summed E-state index contributed by atoms with van der Waals surface area (Å²) in [4.78, 5) is 27.1. The highest BCUT2D eigenvalue weighted by Crippen LogP contribution is 2.26. The molecule has 0 saturated carbocycles. The van der Waals surface area contributed by atoms with Gasteiger partial charge in [0.25, 0.3) is 5.91 Å². The van der Waals surface area contributed by atoms with E-state index in [0.29, 0.717) is 31.1 Å². The Morgan fingerprint density at radius 3 is 2.31 bits per heavy atom. The molecule has 2 amide bonds. The summed E-state index contributed by atoms with van der Waals surface area (Å²) >= 11 is 0. The lowest BCUT2D eigenvalue weighted by Crippen LogP contribution is -2.50. The minimum Gasteiger partial charge on any atom is -0.483 e. The summed E-state index contributed by atoms with van der Waals surface area (Å²) in [5, 5.41) is 2.67. The van der Waals surface area contributed by atoms with Gasteiger partial charge in [0.05, 0.1) is 0 Å². The third kappa shape index (κ3) is 6.34. The third-order valence-corrected chi connectivity index (χ3v) is 5.01. The van der Waals surface area contributed by atoms with Crippen molar-refractivity contribution in [2.24, 2.45) is 0 Å². The van der Waals surface area contributed by atoms with Gasteiger partial charge >= 0.3 is 0 Å². The Kier molecular flexibility index (Phi) is 8.71. The highest BCUT2D eigenvalue weighted by Gasteiger charge is 2.28. The number of ether oxygens (including phenoxy) is 1. The van der Waals surface area contributed by atoms with Crippen LogP contribution in [0.3, 0.4) is 0 Å². The standard InChI is InChI=1S/C24H32N2O3/c1-5-21(24(28)25-4)26(16-15-19-11-7-6-8-12-19)23(27)17-29-22-14-10-9-13-20(22)18(2)3/h6-14,18,21H,5,15-17H2,1-4H3,(H,25,28)/t21-/m0/s1. The molecule has 156 valence electrons. The number of nitrogens with zero attached hydrogens (tertiary/aromatic N) is 1. The Morgan fingerprint density at radius 2 is 1.69 bits per heavy atom. The molecule has 5 heteroatoms. The number of carbonyl (C=O) groups excluding carboxylic acids is 2. The largest absolute Gasteiger partial charge is 0.483 e. The van der Waals surface area contributed by atoms with Crippen molar-refractivity contribution < 1.29 is 14.3 Å². The van der Waals surface area contributed by atoms with Gasteiger partial charge in [-0.25, -0.2) is 0 Å². The highest BCUT2D eigenvalue weighted by atomic mass is 16.5. The average molecular weight is 397 g/mol. The molecule has 0 spiro atoms. The molecule has 0 unspecified atom stereocenters. The lowest BCUT2D eigenvalue weighted by Gasteiger charge is -2.30. The van der Waals surface area contributed by atoms with Gasteiger partial charge in [-0.3, -0.25) is 9.59 Å². The zero-order valence-electron chi connectivity index (χ0n) is 17.9. The SMILES string of the molecule is CC[C@@H](C(=O)NC)N(CCc1ccccc1)C(=O)COc1ccccc1C(C)C. The molecule has 0 aliphatic rings. The van der Waals surface area contributed by atoms with Crippen molar-refractivity contribution in [2.45, 2.75) is 45.6 Å². The van der Waals surface area contributed by atoms with Gasteiger partial charge in [0.2, 0.25) is 5.91 Å². The third-order valence-electron chi connectivity index (χ3n) is 5.01. The number of rotatable bonds is 10. The van der Waals surface area contributed by atoms with Crippen molar-refractivity contribution in [3.8, 4) is 5.75 Å². The van der Waals surface area contributed by atoms with Gasteiger partial charge < -0.3 is 15.0 Å². The minimum absolute atomic E-state index is 0.0913. The van der Waals surface area contributed by atoms with Gasteiger partial charge in [0.15, 0.2) is 6.61 Å². The van der Waals surface area contributed by atoms with Gasteiger partial charge in [-0.1, -0.05) is 69.3 Å². The van der Waals surface area contributed by atoms with E-state index in [1.165, 1.54) is 0 Å². The first kappa shape index (κ1) is 22.5. The summed E-state index contributed by atoms with van der Waals surface area (Å²) in [6.45, 7) is 6.47. The Hall–Kier alpha value is -2.82. The van der Waals surface area contributed by atoms with E-state index in [0.717, 1.165) is 11.1 Å². The van der Waals surface area contributed by atoms with E-state index in [4.69, 9.17) is 4.74 Å². The van der Waals surface area contributed by atoms with Crippen LogP contribution >= 0.6 is 0 Å². The molecule has 0 radical (unpaired) electrons. The van der Waals surface area contributed by atoms with Crippen LogP contribution in [-0.4, -0.2) is 43.0 Å². The molecule has 1 atom stereocenters. The smallest absolute Gasteiger partial charge is 0.261 e. The molecule has 29 heavy (non-hydrogen) atoms. The molecule has 1 N–H and O–H groups in total. The van der Waals surface area contributed by atoms with Crippen LogP contribution in [-0.2, 0) is 16.0 Å². The fourth-order valence-electron chi connectivity index (χ4n) is 3.37. The topological polar surface area (TPSA) is 58.6 Å². The van der Waals surface area contributed by atoms with Crippen molar-refractivity contribution >= 4 is 11.8 Å². The molecule has 5 nitrogen and oxygen atoms in total. The lowest BCUT2D eigenvalue weighted by atomic mass is 10.0. The van der Waals surface area contributed by atoms with E-state index < -0.39 is 6.04 Å². The molecule has 0 fully saturated rings. The van der Waals surface area contributed by atoms with Crippen LogP contribution in [0.1, 0.15) is 44.2 Å². The van der Waals surface area contributed by atoms with E-state index >= 15 is 0 Å². The van der Waals surface area contributed by atoms with Gasteiger partial charge in [-0.15, -0.1) is 0 Å².